The Morgan fingerprint density at radius 3 is 2.71 bits per heavy atom. The van der Waals surface area contributed by atoms with E-state index in [-0.39, 0.29) is 0 Å². The number of benzene rings is 1. The molecule has 2 N–H and O–H groups in total. The summed E-state index contributed by atoms with van der Waals surface area (Å²) in [4.78, 5) is 4.46. The van der Waals surface area contributed by atoms with Crippen molar-refractivity contribution in [1.29, 1.82) is 0 Å². The summed E-state index contributed by atoms with van der Waals surface area (Å²) in [6.07, 6.45) is 0. The lowest BCUT2D eigenvalue weighted by Crippen LogP contribution is -2.01. The largest absolute Gasteiger partial charge is 0.496 e. The monoisotopic (exact) mass is 231 g/mol. The van der Waals surface area contributed by atoms with E-state index < -0.39 is 0 Å². The van der Waals surface area contributed by atoms with Gasteiger partial charge < -0.3 is 15.0 Å². The predicted octanol–water partition coefficient (Wildman–Crippen LogP) is 1.86. The Labute approximate surface area is 101 Å². The van der Waals surface area contributed by atoms with Crippen molar-refractivity contribution in [3.8, 4) is 17.0 Å². The van der Waals surface area contributed by atoms with Crippen molar-refractivity contribution in [1.82, 2.24) is 9.55 Å². The third-order valence-corrected chi connectivity index (χ3v) is 2.95. The molecule has 0 radical (unpaired) electrons. The first-order valence-corrected chi connectivity index (χ1v) is 5.54. The Balaban J connectivity index is 2.67. The van der Waals surface area contributed by atoms with Crippen LogP contribution in [0.25, 0.3) is 11.3 Å². The SMILES string of the molecule is COc1ccccc1-c1c(CN)nc(C)n1C. The highest BCUT2D eigenvalue weighted by Gasteiger charge is 2.16. The number of aromatic nitrogens is 2. The number of nitrogens with two attached hydrogens (primary N) is 1. The Morgan fingerprint density at radius 1 is 1.35 bits per heavy atom. The van der Waals surface area contributed by atoms with Crippen LogP contribution < -0.4 is 10.5 Å². The zero-order valence-electron chi connectivity index (χ0n) is 10.4. The van der Waals surface area contributed by atoms with Crippen molar-refractivity contribution in [2.45, 2.75) is 13.5 Å². The molecule has 0 amide bonds. The second kappa shape index (κ2) is 4.59. The van der Waals surface area contributed by atoms with Crippen LogP contribution in [0.3, 0.4) is 0 Å². The predicted molar refractivity (Wildman–Crippen MR) is 67.8 cm³/mol. The van der Waals surface area contributed by atoms with Crippen LogP contribution in [0.1, 0.15) is 11.5 Å². The second-order valence-corrected chi connectivity index (χ2v) is 3.92. The van der Waals surface area contributed by atoms with Crippen molar-refractivity contribution < 1.29 is 4.74 Å². The van der Waals surface area contributed by atoms with Crippen molar-refractivity contribution in [2.24, 2.45) is 12.8 Å². The zero-order chi connectivity index (χ0) is 12.4. The van der Waals surface area contributed by atoms with Crippen molar-refractivity contribution >= 4 is 0 Å². The number of imidazole rings is 1. The molecule has 1 aromatic heterocycles. The first-order chi connectivity index (χ1) is 8.19. The molecular formula is C13H17N3O. The average Bonchev–Trinajstić information content (AvgIpc) is 2.65. The maximum absolute atomic E-state index is 5.75. The maximum atomic E-state index is 5.75. The lowest BCUT2D eigenvalue weighted by molar-refractivity contribution is 0.416. The van der Waals surface area contributed by atoms with E-state index in [1.807, 2.05) is 42.8 Å². The third-order valence-electron chi connectivity index (χ3n) is 2.95. The van der Waals surface area contributed by atoms with E-state index in [0.29, 0.717) is 6.54 Å². The topological polar surface area (TPSA) is 53.1 Å². The third kappa shape index (κ3) is 1.91. The summed E-state index contributed by atoms with van der Waals surface area (Å²) in [5.74, 6) is 1.79. The molecule has 0 saturated heterocycles. The van der Waals surface area contributed by atoms with Crippen LogP contribution in [0, 0.1) is 6.92 Å². The molecule has 0 aliphatic rings. The van der Waals surface area contributed by atoms with Crippen molar-refractivity contribution in [3.05, 3.63) is 35.8 Å². The standard InChI is InChI=1S/C13H17N3O/c1-9-15-11(8-14)13(16(9)2)10-6-4-5-7-12(10)17-3/h4-7H,8,14H2,1-3H3. The molecule has 0 saturated carbocycles. The molecule has 2 aromatic rings. The molecule has 2 rings (SSSR count). The first kappa shape index (κ1) is 11.7. The van der Waals surface area contributed by atoms with Gasteiger partial charge >= 0.3 is 0 Å². The van der Waals surface area contributed by atoms with Gasteiger partial charge in [0.1, 0.15) is 11.6 Å². The van der Waals surface area contributed by atoms with Gasteiger partial charge in [-0.3, -0.25) is 0 Å². The average molecular weight is 231 g/mol. The van der Waals surface area contributed by atoms with Crippen LogP contribution in [-0.4, -0.2) is 16.7 Å². The van der Waals surface area contributed by atoms with Gasteiger partial charge in [-0.2, -0.15) is 0 Å². The highest BCUT2D eigenvalue weighted by atomic mass is 16.5. The Kier molecular flexibility index (Phi) is 3.15. The highest BCUT2D eigenvalue weighted by molar-refractivity contribution is 5.70. The van der Waals surface area contributed by atoms with Crippen molar-refractivity contribution in [2.75, 3.05) is 7.11 Å². The normalized spacial score (nSPS) is 10.6. The van der Waals surface area contributed by atoms with E-state index in [1.165, 1.54) is 0 Å². The van der Waals surface area contributed by atoms with E-state index in [0.717, 1.165) is 28.5 Å². The van der Waals surface area contributed by atoms with Crippen LogP contribution in [-0.2, 0) is 13.6 Å². The fourth-order valence-corrected chi connectivity index (χ4v) is 2.00. The van der Waals surface area contributed by atoms with Crippen LogP contribution >= 0.6 is 0 Å². The molecule has 0 aliphatic carbocycles. The van der Waals surface area contributed by atoms with Gasteiger partial charge in [0.25, 0.3) is 0 Å². The summed E-state index contributed by atoms with van der Waals surface area (Å²) in [7, 11) is 3.66. The minimum atomic E-state index is 0.426. The van der Waals surface area contributed by atoms with Gasteiger partial charge in [-0.15, -0.1) is 0 Å². The molecular weight excluding hydrogens is 214 g/mol. The quantitative estimate of drug-likeness (QED) is 0.877. The van der Waals surface area contributed by atoms with Gasteiger partial charge in [-0.05, 0) is 19.1 Å². The summed E-state index contributed by atoms with van der Waals surface area (Å²) in [6.45, 7) is 2.40. The number of nitrogens with zero attached hydrogens (tertiary/aromatic N) is 2. The van der Waals surface area contributed by atoms with Crippen LogP contribution in [0.4, 0.5) is 0 Å². The minimum absolute atomic E-state index is 0.426. The van der Waals surface area contributed by atoms with Gasteiger partial charge in [0, 0.05) is 19.2 Å². The molecule has 1 aromatic carbocycles. The number of hydrogen-bond donors (Lipinski definition) is 1. The lowest BCUT2D eigenvalue weighted by Gasteiger charge is -2.10. The molecule has 0 bridgehead atoms. The molecule has 4 heteroatoms. The maximum Gasteiger partial charge on any atom is 0.128 e. The molecule has 4 nitrogen and oxygen atoms in total. The van der Waals surface area contributed by atoms with E-state index >= 15 is 0 Å². The van der Waals surface area contributed by atoms with Gasteiger partial charge in [0.15, 0.2) is 0 Å². The molecule has 17 heavy (non-hydrogen) atoms. The van der Waals surface area contributed by atoms with Gasteiger partial charge in [-0.1, -0.05) is 12.1 Å². The summed E-state index contributed by atoms with van der Waals surface area (Å²) in [6, 6.07) is 7.90. The Bertz CT molecular complexity index is 531. The van der Waals surface area contributed by atoms with Crippen molar-refractivity contribution in [3.63, 3.8) is 0 Å². The number of aryl methyl sites for hydroxylation is 1. The molecule has 0 unspecified atom stereocenters. The number of hydrogen-bond acceptors (Lipinski definition) is 3. The van der Waals surface area contributed by atoms with E-state index in [2.05, 4.69) is 4.98 Å². The molecule has 1 heterocycles. The number of methoxy groups -OCH3 is 1. The summed E-state index contributed by atoms with van der Waals surface area (Å²) in [5.41, 5.74) is 8.70. The minimum Gasteiger partial charge on any atom is -0.496 e. The Hall–Kier alpha value is -1.81. The van der Waals surface area contributed by atoms with Crippen LogP contribution in [0.2, 0.25) is 0 Å². The fraction of sp³-hybridized carbons (Fsp3) is 0.308. The molecule has 90 valence electrons. The second-order valence-electron chi connectivity index (χ2n) is 3.92. The Morgan fingerprint density at radius 2 is 2.06 bits per heavy atom. The van der Waals surface area contributed by atoms with Gasteiger partial charge in [0.05, 0.1) is 18.5 Å². The molecule has 0 spiro atoms. The number of rotatable bonds is 3. The van der Waals surface area contributed by atoms with Gasteiger partial charge in [-0.25, -0.2) is 4.98 Å². The molecule has 0 fully saturated rings. The molecule has 0 atom stereocenters. The first-order valence-electron chi connectivity index (χ1n) is 5.54. The van der Waals surface area contributed by atoms with Crippen LogP contribution in [0.15, 0.2) is 24.3 Å². The zero-order valence-corrected chi connectivity index (χ0v) is 10.4. The number of ether oxygens (including phenoxy) is 1. The lowest BCUT2D eigenvalue weighted by atomic mass is 10.1. The van der Waals surface area contributed by atoms with E-state index in [1.54, 1.807) is 7.11 Å². The number of para-hydroxylation sites is 1. The molecule has 0 aliphatic heterocycles. The van der Waals surface area contributed by atoms with E-state index in [4.69, 9.17) is 10.5 Å². The van der Waals surface area contributed by atoms with E-state index in [9.17, 15) is 0 Å². The summed E-state index contributed by atoms with van der Waals surface area (Å²) in [5, 5.41) is 0. The van der Waals surface area contributed by atoms with Crippen LogP contribution in [0.5, 0.6) is 5.75 Å². The summed E-state index contributed by atoms with van der Waals surface area (Å²) >= 11 is 0. The highest BCUT2D eigenvalue weighted by Crippen LogP contribution is 2.32. The smallest absolute Gasteiger partial charge is 0.128 e. The summed E-state index contributed by atoms with van der Waals surface area (Å²) < 4.78 is 7.42. The fourth-order valence-electron chi connectivity index (χ4n) is 2.00. The van der Waals surface area contributed by atoms with Gasteiger partial charge in [0.2, 0.25) is 0 Å².